The van der Waals surface area contributed by atoms with E-state index in [4.69, 9.17) is 5.73 Å². The van der Waals surface area contributed by atoms with Crippen LogP contribution in [0.25, 0.3) is 11.3 Å². The van der Waals surface area contributed by atoms with Crippen molar-refractivity contribution in [2.24, 2.45) is 5.73 Å². The summed E-state index contributed by atoms with van der Waals surface area (Å²) in [4.78, 5) is 0. The van der Waals surface area contributed by atoms with Crippen LogP contribution in [0.1, 0.15) is 37.3 Å². The van der Waals surface area contributed by atoms with Crippen molar-refractivity contribution < 1.29 is 0 Å². The average molecular weight is 241 g/mol. The highest BCUT2D eigenvalue weighted by Gasteiger charge is 2.22. The van der Waals surface area contributed by atoms with E-state index in [1.807, 2.05) is 12.3 Å². The molecule has 1 saturated carbocycles. The van der Waals surface area contributed by atoms with Crippen LogP contribution in [-0.2, 0) is 6.54 Å². The van der Waals surface area contributed by atoms with Gasteiger partial charge in [0, 0.05) is 17.7 Å². The van der Waals surface area contributed by atoms with Crippen LogP contribution >= 0.6 is 0 Å². The number of aromatic nitrogens is 2. The lowest BCUT2D eigenvalue weighted by Gasteiger charge is -2.15. The highest BCUT2D eigenvalue weighted by atomic mass is 15.3. The summed E-state index contributed by atoms with van der Waals surface area (Å²) in [5, 5.41) is 4.58. The minimum Gasteiger partial charge on any atom is -0.326 e. The molecule has 0 radical (unpaired) electrons. The Morgan fingerprint density at radius 1 is 1.17 bits per heavy atom. The van der Waals surface area contributed by atoms with Crippen LogP contribution in [0.2, 0.25) is 0 Å². The fourth-order valence-electron chi connectivity index (χ4n) is 2.89. The lowest BCUT2D eigenvalue weighted by Crippen LogP contribution is -2.09. The Balaban J connectivity index is 2.07. The number of benzene rings is 1. The van der Waals surface area contributed by atoms with Crippen LogP contribution in [0.5, 0.6) is 0 Å². The minimum atomic E-state index is 0.553. The van der Waals surface area contributed by atoms with Gasteiger partial charge in [0.1, 0.15) is 0 Å². The largest absolute Gasteiger partial charge is 0.326 e. The molecule has 2 aromatic rings. The first-order chi connectivity index (χ1) is 8.90. The van der Waals surface area contributed by atoms with Crippen LogP contribution in [0.15, 0.2) is 36.5 Å². The summed E-state index contributed by atoms with van der Waals surface area (Å²) in [5.74, 6) is 0. The first-order valence-corrected chi connectivity index (χ1v) is 6.72. The van der Waals surface area contributed by atoms with E-state index in [0.29, 0.717) is 12.6 Å². The maximum absolute atomic E-state index is 5.85. The molecule has 3 rings (SSSR count). The van der Waals surface area contributed by atoms with E-state index in [1.54, 1.807) is 0 Å². The van der Waals surface area contributed by atoms with Crippen molar-refractivity contribution in [1.29, 1.82) is 0 Å². The van der Waals surface area contributed by atoms with Gasteiger partial charge in [0.2, 0.25) is 0 Å². The second-order valence-electron chi connectivity index (χ2n) is 4.97. The predicted octanol–water partition coefficient (Wildman–Crippen LogP) is 3.12. The molecule has 94 valence electrons. The van der Waals surface area contributed by atoms with E-state index in [0.717, 1.165) is 5.56 Å². The third-order valence-electron chi connectivity index (χ3n) is 3.81. The van der Waals surface area contributed by atoms with Crippen molar-refractivity contribution in [2.45, 2.75) is 38.3 Å². The topological polar surface area (TPSA) is 43.8 Å². The fourth-order valence-corrected chi connectivity index (χ4v) is 2.89. The molecule has 3 nitrogen and oxygen atoms in total. The highest BCUT2D eigenvalue weighted by molar-refractivity contribution is 5.63. The Morgan fingerprint density at radius 3 is 2.56 bits per heavy atom. The van der Waals surface area contributed by atoms with Crippen LogP contribution in [0.3, 0.4) is 0 Å². The van der Waals surface area contributed by atoms with Gasteiger partial charge in [-0.05, 0) is 12.8 Å². The molecule has 0 amide bonds. The molecule has 1 aromatic heterocycles. The van der Waals surface area contributed by atoms with E-state index in [9.17, 15) is 0 Å². The molecule has 18 heavy (non-hydrogen) atoms. The molecule has 3 heteroatoms. The summed E-state index contributed by atoms with van der Waals surface area (Å²) in [6, 6.07) is 11.0. The molecule has 1 aromatic carbocycles. The predicted molar refractivity (Wildman–Crippen MR) is 73.1 cm³/mol. The smallest absolute Gasteiger partial charge is 0.0730 e. The van der Waals surface area contributed by atoms with Gasteiger partial charge in [-0.25, -0.2) is 0 Å². The summed E-state index contributed by atoms with van der Waals surface area (Å²) in [5.41, 5.74) is 9.43. The standard InChI is InChI=1S/C15H19N3/c16-10-13-11-17-18(14-8-4-5-9-14)15(13)12-6-2-1-3-7-12/h1-3,6-7,11,14H,4-5,8-10,16H2. The number of nitrogens with two attached hydrogens (primary N) is 1. The molecule has 0 bridgehead atoms. The zero-order valence-corrected chi connectivity index (χ0v) is 10.5. The van der Waals surface area contributed by atoms with E-state index in [2.05, 4.69) is 34.0 Å². The fraction of sp³-hybridized carbons (Fsp3) is 0.400. The number of hydrogen-bond acceptors (Lipinski definition) is 2. The molecular weight excluding hydrogens is 222 g/mol. The Hall–Kier alpha value is -1.61. The monoisotopic (exact) mass is 241 g/mol. The quantitative estimate of drug-likeness (QED) is 0.897. The van der Waals surface area contributed by atoms with Crippen molar-refractivity contribution in [1.82, 2.24) is 9.78 Å². The number of nitrogens with zero attached hydrogens (tertiary/aromatic N) is 2. The normalized spacial score (nSPS) is 16.3. The SMILES string of the molecule is NCc1cnn(C2CCCC2)c1-c1ccccc1. The Bertz CT molecular complexity index is 510. The molecule has 0 saturated heterocycles. The Morgan fingerprint density at radius 2 is 1.89 bits per heavy atom. The molecule has 1 aliphatic rings. The van der Waals surface area contributed by atoms with Crippen molar-refractivity contribution in [3.8, 4) is 11.3 Å². The van der Waals surface area contributed by atoms with Crippen molar-refractivity contribution in [3.63, 3.8) is 0 Å². The summed E-state index contributed by atoms with van der Waals surface area (Å²) >= 11 is 0. The van der Waals surface area contributed by atoms with E-state index >= 15 is 0 Å². The summed E-state index contributed by atoms with van der Waals surface area (Å²) in [7, 11) is 0. The first kappa shape index (κ1) is 11.5. The third-order valence-corrected chi connectivity index (χ3v) is 3.81. The highest BCUT2D eigenvalue weighted by Crippen LogP contribution is 2.34. The zero-order valence-electron chi connectivity index (χ0n) is 10.5. The van der Waals surface area contributed by atoms with Gasteiger partial charge < -0.3 is 5.73 Å². The molecule has 0 unspecified atom stereocenters. The van der Waals surface area contributed by atoms with Crippen LogP contribution in [0, 0.1) is 0 Å². The number of hydrogen-bond donors (Lipinski definition) is 1. The molecule has 0 atom stereocenters. The third kappa shape index (κ3) is 1.95. The zero-order chi connectivity index (χ0) is 12.4. The second-order valence-corrected chi connectivity index (χ2v) is 4.97. The maximum atomic E-state index is 5.85. The van der Waals surface area contributed by atoms with Gasteiger partial charge in [0.15, 0.2) is 0 Å². The van der Waals surface area contributed by atoms with Gasteiger partial charge in [-0.15, -0.1) is 0 Å². The lowest BCUT2D eigenvalue weighted by molar-refractivity contribution is 0.472. The van der Waals surface area contributed by atoms with Crippen molar-refractivity contribution >= 4 is 0 Å². The van der Waals surface area contributed by atoms with Gasteiger partial charge in [0.25, 0.3) is 0 Å². The molecule has 0 aliphatic heterocycles. The Labute approximate surface area is 108 Å². The molecular formula is C15H19N3. The molecule has 1 fully saturated rings. The lowest BCUT2D eigenvalue weighted by atomic mass is 10.1. The van der Waals surface area contributed by atoms with E-state index < -0.39 is 0 Å². The molecule has 1 heterocycles. The summed E-state index contributed by atoms with van der Waals surface area (Å²) < 4.78 is 2.20. The van der Waals surface area contributed by atoms with Crippen molar-refractivity contribution in [2.75, 3.05) is 0 Å². The average Bonchev–Trinajstić information content (AvgIpc) is 3.08. The molecule has 0 spiro atoms. The van der Waals surface area contributed by atoms with Crippen molar-refractivity contribution in [3.05, 3.63) is 42.1 Å². The van der Waals surface area contributed by atoms with Gasteiger partial charge in [0.05, 0.1) is 17.9 Å². The minimum absolute atomic E-state index is 0.553. The summed E-state index contributed by atoms with van der Waals surface area (Å²) in [6.45, 7) is 0.553. The van der Waals surface area contributed by atoms with Gasteiger partial charge in [-0.2, -0.15) is 5.10 Å². The summed E-state index contributed by atoms with van der Waals surface area (Å²) in [6.07, 6.45) is 7.05. The van der Waals surface area contributed by atoms with Gasteiger partial charge in [-0.3, -0.25) is 4.68 Å². The van der Waals surface area contributed by atoms with E-state index in [1.165, 1.54) is 36.9 Å². The van der Waals surface area contributed by atoms with Crippen LogP contribution in [-0.4, -0.2) is 9.78 Å². The molecule has 1 aliphatic carbocycles. The van der Waals surface area contributed by atoms with Crippen LogP contribution < -0.4 is 5.73 Å². The first-order valence-electron chi connectivity index (χ1n) is 6.72. The van der Waals surface area contributed by atoms with E-state index in [-0.39, 0.29) is 0 Å². The number of rotatable bonds is 3. The Kier molecular flexibility index (Phi) is 3.15. The van der Waals surface area contributed by atoms with Gasteiger partial charge in [-0.1, -0.05) is 43.2 Å². The van der Waals surface area contributed by atoms with Gasteiger partial charge >= 0.3 is 0 Å². The molecule has 2 N–H and O–H groups in total. The van der Waals surface area contributed by atoms with Crippen LogP contribution in [0.4, 0.5) is 0 Å². The second kappa shape index (κ2) is 4.94. The maximum Gasteiger partial charge on any atom is 0.0730 e.